The van der Waals surface area contributed by atoms with Crippen LogP contribution in [0.2, 0.25) is 0 Å². The van der Waals surface area contributed by atoms with Crippen molar-refractivity contribution in [1.82, 2.24) is 0 Å². The Morgan fingerprint density at radius 1 is 1.16 bits per heavy atom. The zero-order valence-corrected chi connectivity index (χ0v) is 11.4. The molecule has 0 spiro atoms. The fourth-order valence-corrected chi connectivity index (χ4v) is 2.48. The highest BCUT2D eigenvalue weighted by Crippen LogP contribution is 2.37. The van der Waals surface area contributed by atoms with E-state index >= 15 is 0 Å². The van der Waals surface area contributed by atoms with E-state index in [1.807, 2.05) is 12.1 Å². The number of fused-ring (bicyclic) bond motifs is 1. The molecule has 0 saturated heterocycles. The summed E-state index contributed by atoms with van der Waals surface area (Å²) < 4.78 is 34.0. The second kappa shape index (κ2) is 4.81. The van der Waals surface area contributed by atoms with Crippen molar-refractivity contribution >= 4 is 21.6 Å². The van der Waals surface area contributed by atoms with Crippen molar-refractivity contribution in [2.75, 3.05) is 11.9 Å². The monoisotopic (exact) mass is 325 g/mol. The van der Waals surface area contributed by atoms with Crippen LogP contribution in [0, 0.1) is 11.6 Å². The first kappa shape index (κ1) is 12.4. The summed E-state index contributed by atoms with van der Waals surface area (Å²) in [7, 11) is 0. The molecule has 2 aromatic carbocycles. The maximum atomic E-state index is 13.7. The van der Waals surface area contributed by atoms with Crippen molar-refractivity contribution in [2.45, 2.75) is 6.10 Å². The standard InChI is InChI=1S/C14H10BrF2NO/c15-8-4-5-12-11(6-8)18-7-13(19-12)14-9(16)2-1-3-10(14)17/h1-6,13,18H,7H2. The number of rotatable bonds is 1. The molecular formula is C14H10BrF2NO. The Kier molecular flexibility index (Phi) is 3.14. The van der Waals surface area contributed by atoms with Crippen molar-refractivity contribution in [2.24, 2.45) is 0 Å². The SMILES string of the molecule is Fc1cccc(F)c1C1CNc2cc(Br)ccc2O1. The van der Waals surface area contributed by atoms with Crippen molar-refractivity contribution < 1.29 is 13.5 Å². The van der Waals surface area contributed by atoms with Gasteiger partial charge in [-0.1, -0.05) is 22.0 Å². The van der Waals surface area contributed by atoms with Crippen LogP contribution in [0.1, 0.15) is 11.7 Å². The van der Waals surface area contributed by atoms with Gasteiger partial charge in [0.15, 0.2) is 0 Å². The van der Waals surface area contributed by atoms with E-state index < -0.39 is 17.7 Å². The Hall–Kier alpha value is -1.62. The van der Waals surface area contributed by atoms with Gasteiger partial charge in [0.2, 0.25) is 0 Å². The van der Waals surface area contributed by atoms with Crippen LogP contribution in [0.4, 0.5) is 14.5 Å². The predicted molar refractivity (Wildman–Crippen MR) is 72.4 cm³/mol. The minimum atomic E-state index is -0.671. The Balaban J connectivity index is 1.96. The lowest BCUT2D eigenvalue weighted by Crippen LogP contribution is -2.25. The van der Waals surface area contributed by atoms with E-state index in [4.69, 9.17) is 4.74 Å². The minimum absolute atomic E-state index is 0.0384. The topological polar surface area (TPSA) is 21.3 Å². The number of nitrogens with one attached hydrogen (secondary N) is 1. The summed E-state index contributed by atoms with van der Waals surface area (Å²) in [5.74, 6) is -0.596. The molecule has 1 heterocycles. The molecule has 19 heavy (non-hydrogen) atoms. The largest absolute Gasteiger partial charge is 0.481 e. The first-order valence-electron chi connectivity index (χ1n) is 5.79. The third-order valence-corrected chi connectivity index (χ3v) is 3.50. The van der Waals surface area contributed by atoms with Gasteiger partial charge in [-0.2, -0.15) is 0 Å². The molecule has 0 bridgehead atoms. The molecular weight excluding hydrogens is 316 g/mol. The highest BCUT2D eigenvalue weighted by Gasteiger charge is 2.26. The molecule has 1 unspecified atom stereocenters. The summed E-state index contributed by atoms with van der Waals surface area (Å²) in [5.41, 5.74) is 0.769. The number of ether oxygens (including phenoxy) is 1. The molecule has 1 aliphatic rings. The predicted octanol–water partition coefficient (Wildman–Crippen LogP) is 4.27. The van der Waals surface area contributed by atoms with Crippen molar-refractivity contribution in [1.29, 1.82) is 0 Å². The molecule has 0 aliphatic carbocycles. The van der Waals surface area contributed by atoms with Crippen LogP contribution in [0.5, 0.6) is 5.75 Å². The smallest absolute Gasteiger partial charge is 0.147 e. The summed E-state index contributed by atoms with van der Waals surface area (Å²) in [6.07, 6.45) is -0.671. The molecule has 2 nitrogen and oxygen atoms in total. The van der Waals surface area contributed by atoms with Crippen LogP contribution in [0.15, 0.2) is 40.9 Å². The summed E-state index contributed by atoms with van der Waals surface area (Å²) >= 11 is 3.36. The molecule has 3 rings (SSSR count). The van der Waals surface area contributed by atoms with Crippen LogP contribution >= 0.6 is 15.9 Å². The van der Waals surface area contributed by atoms with Crippen LogP contribution in [-0.2, 0) is 0 Å². The van der Waals surface area contributed by atoms with E-state index in [0.29, 0.717) is 12.3 Å². The first-order chi connectivity index (χ1) is 9.15. The number of halogens is 3. The lowest BCUT2D eigenvalue weighted by Gasteiger charge is -2.28. The van der Waals surface area contributed by atoms with Gasteiger partial charge in [-0.15, -0.1) is 0 Å². The molecule has 1 atom stereocenters. The van der Waals surface area contributed by atoms with Gasteiger partial charge in [0.25, 0.3) is 0 Å². The Labute approximate surface area is 117 Å². The summed E-state index contributed by atoms with van der Waals surface area (Å²) in [4.78, 5) is 0. The van der Waals surface area contributed by atoms with Gasteiger partial charge in [0.1, 0.15) is 23.5 Å². The third-order valence-electron chi connectivity index (χ3n) is 3.01. The van der Waals surface area contributed by atoms with E-state index in [9.17, 15) is 8.78 Å². The van der Waals surface area contributed by atoms with Gasteiger partial charge >= 0.3 is 0 Å². The highest BCUT2D eigenvalue weighted by molar-refractivity contribution is 9.10. The van der Waals surface area contributed by atoms with Crippen LogP contribution in [0.3, 0.4) is 0 Å². The average molecular weight is 326 g/mol. The van der Waals surface area contributed by atoms with E-state index in [0.717, 1.165) is 10.2 Å². The van der Waals surface area contributed by atoms with E-state index in [1.165, 1.54) is 18.2 Å². The van der Waals surface area contributed by atoms with Crippen LogP contribution in [-0.4, -0.2) is 6.54 Å². The molecule has 1 N–H and O–H groups in total. The fraction of sp³-hybridized carbons (Fsp3) is 0.143. The molecule has 0 aromatic heterocycles. The summed E-state index contributed by atoms with van der Waals surface area (Å²) in [6.45, 7) is 0.321. The van der Waals surface area contributed by atoms with Gasteiger partial charge in [-0.25, -0.2) is 8.78 Å². The van der Waals surface area contributed by atoms with E-state index in [1.54, 1.807) is 6.07 Å². The maximum Gasteiger partial charge on any atom is 0.147 e. The van der Waals surface area contributed by atoms with E-state index in [2.05, 4.69) is 21.2 Å². The average Bonchev–Trinajstić information content (AvgIpc) is 2.38. The zero-order valence-electron chi connectivity index (χ0n) is 9.79. The summed E-state index contributed by atoms with van der Waals surface area (Å²) in [6, 6.07) is 9.26. The van der Waals surface area contributed by atoms with Crippen LogP contribution in [0.25, 0.3) is 0 Å². The van der Waals surface area contributed by atoms with E-state index in [-0.39, 0.29) is 5.56 Å². The Morgan fingerprint density at radius 3 is 2.63 bits per heavy atom. The molecule has 98 valence electrons. The second-order valence-electron chi connectivity index (χ2n) is 4.26. The first-order valence-corrected chi connectivity index (χ1v) is 6.58. The molecule has 2 aromatic rings. The molecule has 0 saturated carbocycles. The van der Waals surface area contributed by atoms with Crippen molar-refractivity contribution in [3.8, 4) is 5.75 Å². The molecule has 0 radical (unpaired) electrons. The number of anilines is 1. The quantitative estimate of drug-likeness (QED) is 0.845. The maximum absolute atomic E-state index is 13.7. The van der Waals surface area contributed by atoms with Crippen molar-refractivity contribution in [3.05, 3.63) is 58.1 Å². The molecule has 5 heteroatoms. The molecule has 0 amide bonds. The van der Waals surface area contributed by atoms with Gasteiger partial charge in [0, 0.05) is 4.47 Å². The van der Waals surface area contributed by atoms with Crippen molar-refractivity contribution in [3.63, 3.8) is 0 Å². The van der Waals surface area contributed by atoms with Gasteiger partial charge in [-0.05, 0) is 30.3 Å². The Morgan fingerprint density at radius 2 is 1.89 bits per heavy atom. The highest BCUT2D eigenvalue weighted by atomic mass is 79.9. The fourth-order valence-electron chi connectivity index (χ4n) is 2.12. The third kappa shape index (κ3) is 2.30. The lowest BCUT2D eigenvalue weighted by molar-refractivity contribution is 0.199. The second-order valence-corrected chi connectivity index (χ2v) is 5.18. The molecule has 0 fully saturated rings. The zero-order chi connectivity index (χ0) is 13.4. The molecule has 1 aliphatic heterocycles. The van der Waals surface area contributed by atoms with Gasteiger partial charge < -0.3 is 10.1 Å². The van der Waals surface area contributed by atoms with Gasteiger partial charge in [-0.3, -0.25) is 0 Å². The minimum Gasteiger partial charge on any atom is -0.481 e. The van der Waals surface area contributed by atoms with Crippen LogP contribution < -0.4 is 10.1 Å². The number of benzene rings is 2. The number of hydrogen-bond donors (Lipinski definition) is 1. The lowest BCUT2D eigenvalue weighted by atomic mass is 10.1. The number of hydrogen-bond acceptors (Lipinski definition) is 2. The summed E-state index contributed by atoms with van der Waals surface area (Å²) in [5, 5.41) is 3.12. The normalized spacial score (nSPS) is 17.3. The van der Waals surface area contributed by atoms with Gasteiger partial charge in [0.05, 0.1) is 17.8 Å². The Bertz CT molecular complexity index is 613.